The second-order valence-electron chi connectivity index (χ2n) is 10.1. The molecule has 0 spiro atoms. The van der Waals surface area contributed by atoms with Gasteiger partial charge in [-0.25, -0.2) is 5.43 Å². The third kappa shape index (κ3) is 7.16. The molecule has 1 amide bonds. The van der Waals surface area contributed by atoms with Gasteiger partial charge in [0.15, 0.2) is 5.76 Å². The number of aromatic nitrogens is 1. The van der Waals surface area contributed by atoms with Gasteiger partial charge in [-0.15, -0.1) is 0 Å². The smallest absolute Gasteiger partial charge is 0.313 e. The van der Waals surface area contributed by atoms with Crippen LogP contribution in [0, 0.1) is 30.9 Å². The summed E-state index contributed by atoms with van der Waals surface area (Å²) in [6.07, 6.45) is 1.24. The number of carbonyl (C=O) groups excluding carboxylic acids is 1. The first-order valence-corrected chi connectivity index (χ1v) is 14.0. The van der Waals surface area contributed by atoms with E-state index in [1.54, 1.807) is 6.07 Å². The molecule has 0 bridgehead atoms. The second-order valence-corrected chi connectivity index (χ2v) is 10.5. The van der Waals surface area contributed by atoms with Gasteiger partial charge < -0.3 is 18.5 Å². The molecule has 10 nitrogen and oxygen atoms in total. The van der Waals surface area contributed by atoms with Crippen molar-refractivity contribution in [2.75, 3.05) is 0 Å². The number of hydrogen-bond acceptors (Lipinski definition) is 7. The van der Waals surface area contributed by atoms with Crippen LogP contribution in [0.15, 0.2) is 94.4 Å². The Hall–Kier alpha value is -5.35. The summed E-state index contributed by atoms with van der Waals surface area (Å²) in [7, 11) is 0. The number of furan rings is 1. The van der Waals surface area contributed by atoms with E-state index in [4.69, 9.17) is 25.5 Å². The Kier molecular flexibility index (Phi) is 9.11. The standard InChI is InChI=1S/C33H29ClN4O6/c1-21-5-4-6-24(15-21)19-43-32-29(34)16-25(17-30(32)38(40)41)18-35-36-33(39)31-14-13-28(44-31)20-42-27-11-9-26(10-12-27)37-22(2)7-8-23(37)3/h4-18H,19-20H2,1-3H3,(H,36,39)/b35-18+. The van der Waals surface area contributed by atoms with Gasteiger partial charge in [0.2, 0.25) is 5.75 Å². The van der Waals surface area contributed by atoms with Crippen molar-refractivity contribution in [2.24, 2.45) is 5.10 Å². The number of amides is 1. The van der Waals surface area contributed by atoms with Crippen LogP contribution in [0.2, 0.25) is 5.02 Å². The summed E-state index contributed by atoms with van der Waals surface area (Å²) in [4.78, 5) is 23.7. The topological polar surface area (TPSA) is 121 Å². The maximum Gasteiger partial charge on any atom is 0.313 e. The van der Waals surface area contributed by atoms with Crippen LogP contribution in [0.4, 0.5) is 5.69 Å². The minimum absolute atomic E-state index is 0.0264. The van der Waals surface area contributed by atoms with Crippen LogP contribution >= 0.6 is 11.6 Å². The fraction of sp³-hybridized carbons (Fsp3) is 0.152. The van der Waals surface area contributed by atoms with Gasteiger partial charge in [0, 0.05) is 28.7 Å². The van der Waals surface area contributed by atoms with Gasteiger partial charge in [0.05, 0.1) is 16.2 Å². The summed E-state index contributed by atoms with van der Waals surface area (Å²) in [6.45, 7) is 6.28. The quantitative estimate of drug-likeness (QED) is 0.0937. The molecule has 0 fully saturated rings. The van der Waals surface area contributed by atoms with Crippen molar-refractivity contribution >= 4 is 29.4 Å². The van der Waals surface area contributed by atoms with E-state index in [9.17, 15) is 14.9 Å². The van der Waals surface area contributed by atoms with Crippen molar-refractivity contribution in [1.29, 1.82) is 0 Å². The highest BCUT2D eigenvalue weighted by Crippen LogP contribution is 2.36. The lowest BCUT2D eigenvalue weighted by molar-refractivity contribution is -0.385. The number of nitro benzene ring substituents is 1. The molecule has 5 aromatic rings. The number of carbonyl (C=O) groups is 1. The van der Waals surface area contributed by atoms with Crippen LogP contribution in [0.25, 0.3) is 5.69 Å². The number of ether oxygens (including phenoxy) is 2. The lowest BCUT2D eigenvalue weighted by atomic mass is 10.1. The fourth-order valence-corrected chi connectivity index (χ4v) is 4.91. The summed E-state index contributed by atoms with van der Waals surface area (Å²) < 4.78 is 19.3. The maximum absolute atomic E-state index is 12.6. The largest absolute Gasteiger partial charge is 0.486 e. The molecule has 44 heavy (non-hydrogen) atoms. The van der Waals surface area contributed by atoms with E-state index in [-0.39, 0.29) is 35.4 Å². The number of nitrogens with zero attached hydrogens (tertiary/aromatic N) is 3. The summed E-state index contributed by atoms with van der Waals surface area (Å²) in [5.74, 6) is 0.477. The zero-order valence-electron chi connectivity index (χ0n) is 24.2. The number of hydrazone groups is 1. The van der Waals surface area contributed by atoms with Gasteiger partial charge in [-0.1, -0.05) is 41.4 Å². The highest BCUT2D eigenvalue weighted by molar-refractivity contribution is 6.32. The summed E-state index contributed by atoms with van der Waals surface area (Å²) >= 11 is 6.33. The van der Waals surface area contributed by atoms with Crippen LogP contribution in [0.3, 0.4) is 0 Å². The maximum atomic E-state index is 12.6. The molecule has 0 aliphatic carbocycles. The van der Waals surface area contributed by atoms with Crippen LogP contribution < -0.4 is 14.9 Å². The lowest BCUT2D eigenvalue weighted by Crippen LogP contribution is -2.16. The predicted molar refractivity (Wildman–Crippen MR) is 167 cm³/mol. The van der Waals surface area contributed by atoms with Crippen LogP contribution in [-0.4, -0.2) is 21.6 Å². The Bertz CT molecular complexity index is 1820. The van der Waals surface area contributed by atoms with E-state index in [1.807, 2.05) is 55.5 Å². The van der Waals surface area contributed by atoms with Gasteiger partial charge in [0.25, 0.3) is 0 Å². The number of hydrogen-bond donors (Lipinski definition) is 1. The molecule has 2 aromatic heterocycles. The highest BCUT2D eigenvalue weighted by Gasteiger charge is 2.21. The second kappa shape index (κ2) is 13.3. The number of benzene rings is 3. The van der Waals surface area contributed by atoms with E-state index in [0.717, 1.165) is 28.2 Å². The fourth-order valence-electron chi connectivity index (χ4n) is 4.63. The highest BCUT2D eigenvalue weighted by atomic mass is 35.5. The Balaban J connectivity index is 1.17. The molecule has 0 unspecified atom stereocenters. The number of nitrogens with one attached hydrogen (secondary N) is 1. The van der Waals surface area contributed by atoms with E-state index < -0.39 is 10.8 Å². The molecular weight excluding hydrogens is 584 g/mol. The average molecular weight is 613 g/mol. The van der Waals surface area contributed by atoms with Crippen molar-refractivity contribution in [3.8, 4) is 17.2 Å². The molecule has 0 radical (unpaired) electrons. The Morgan fingerprint density at radius 2 is 1.73 bits per heavy atom. The normalized spacial score (nSPS) is 11.1. The molecule has 0 aliphatic heterocycles. The average Bonchev–Trinajstić information content (AvgIpc) is 3.61. The molecule has 11 heteroatoms. The molecule has 5 rings (SSSR count). The molecule has 0 saturated carbocycles. The Morgan fingerprint density at radius 1 is 0.977 bits per heavy atom. The minimum Gasteiger partial charge on any atom is -0.486 e. The van der Waals surface area contributed by atoms with E-state index in [2.05, 4.69) is 41.1 Å². The van der Waals surface area contributed by atoms with E-state index in [1.165, 1.54) is 24.4 Å². The molecule has 3 aromatic carbocycles. The molecular formula is C33H29ClN4O6. The lowest BCUT2D eigenvalue weighted by Gasteiger charge is -2.10. The van der Waals surface area contributed by atoms with Crippen LogP contribution in [0.1, 0.15) is 44.4 Å². The zero-order valence-corrected chi connectivity index (χ0v) is 25.0. The van der Waals surface area contributed by atoms with Crippen LogP contribution in [-0.2, 0) is 13.2 Å². The Labute approximate surface area is 258 Å². The monoisotopic (exact) mass is 612 g/mol. The third-order valence-electron chi connectivity index (χ3n) is 6.72. The molecule has 2 heterocycles. The molecule has 0 saturated heterocycles. The Morgan fingerprint density at radius 3 is 2.43 bits per heavy atom. The first-order chi connectivity index (χ1) is 21.2. The SMILES string of the molecule is Cc1cccc(COc2c(Cl)cc(/C=N/NC(=O)c3ccc(COc4ccc(-n5c(C)ccc5C)cc4)o3)cc2[N+](=O)[O-])c1. The van der Waals surface area contributed by atoms with Gasteiger partial charge >= 0.3 is 11.6 Å². The zero-order chi connectivity index (χ0) is 31.2. The summed E-state index contributed by atoms with van der Waals surface area (Å²) in [5.41, 5.74) is 7.54. The van der Waals surface area contributed by atoms with Crippen LogP contribution in [0.5, 0.6) is 11.5 Å². The summed E-state index contributed by atoms with van der Waals surface area (Å²) in [6, 6.07) is 25.3. The number of rotatable bonds is 11. The predicted octanol–water partition coefficient (Wildman–Crippen LogP) is 7.48. The number of aryl methyl sites for hydroxylation is 3. The first-order valence-electron chi connectivity index (χ1n) is 13.6. The van der Waals surface area contributed by atoms with Crippen molar-refractivity contribution < 1.29 is 23.6 Å². The van der Waals surface area contributed by atoms with Gasteiger partial charge in [-0.05, 0) is 80.9 Å². The van der Waals surface area contributed by atoms with Crippen molar-refractivity contribution in [3.05, 3.63) is 140 Å². The van der Waals surface area contributed by atoms with Crippen molar-refractivity contribution in [2.45, 2.75) is 34.0 Å². The van der Waals surface area contributed by atoms with Crippen molar-refractivity contribution in [1.82, 2.24) is 9.99 Å². The number of nitro groups is 1. The first kappa shape index (κ1) is 30.1. The molecule has 224 valence electrons. The summed E-state index contributed by atoms with van der Waals surface area (Å²) in [5, 5.41) is 15.7. The van der Waals surface area contributed by atoms with Gasteiger partial charge in [-0.3, -0.25) is 14.9 Å². The van der Waals surface area contributed by atoms with Crippen molar-refractivity contribution in [3.63, 3.8) is 0 Å². The molecule has 0 atom stereocenters. The third-order valence-corrected chi connectivity index (χ3v) is 7.00. The van der Waals surface area contributed by atoms with Gasteiger partial charge in [0.1, 0.15) is 24.7 Å². The number of halogens is 1. The van der Waals surface area contributed by atoms with Gasteiger partial charge in [-0.2, -0.15) is 5.10 Å². The molecule has 0 aliphatic rings. The molecule has 1 N–H and O–H groups in total. The minimum atomic E-state index is -0.604. The van der Waals surface area contributed by atoms with E-state index >= 15 is 0 Å². The van der Waals surface area contributed by atoms with E-state index in [0.29, 0.717) is 17.1 Å².